The molecule has 0 spiro atoms. The Morgan fingerprint density at radius 3 is 2.28 bits per heavy atom. The van der Waals surface area contributed by atoms with Crippen LogP contribution >= 0.6 is 0 Å². The monoisotopic (exact) mass is 437 g/mol. The molecule has 0 aliphatic carbocycles. The zero-order chi connectivity index (χ0) is 21.2. The number of nitrogens with one attached hydrogen (secondary N) is 2. The first-order valence-electron chi connectivity index (χ1n) is 8.58. The van der Waals surface area contributed by atoms with E-state index in [4.69, 9.17) is 5.73 Å². The van der Waals surface area contributed by atoms with Crippen LogP contribution in [0.15, 0.2) is 59.5 Å². The maximum Gasteiger partial charge on any atom is 0.242 e. The third-order valence-electron chi connectivity index (χ3n) is 4.49. The van der Waals surface area contributed by atoms with Crippen molar-refractivity contribution in [2.24, 2.45) is 5.73 Å². The quantitative estimate of drug-likeness (QED) is 0.552. The Morgan fingerprint density at radius 1 is 1.14 bits per heavy atom. The third-order valence-corrected chi connectivity index (χ3v) is 7.67. The van der Waals surface area contributed by atoms with Crippen molar-refractivity contribution >= 4 is 31.9 Å². The number of sulfonamides is 2. The summed E-state index contributed by atoms with van der Waals surface area (Å²) in [5, 5.41) is -0.979. The first kappa shape index (κ1) is 21.0. The normalized spacial score (nSPS) is 19.4. The second-order valence-corrected chi connectivity index (χ2v) is 10.2. The highest BCUT2D eigenvalue weighted by molar-refractivity contribution is 7.90. The van der Waals surface area contributed by atoms with Crippen molar-refractivity contribution in [3.8, 4) is 0 Å². The second-order valence-electron chi connectivity index (χ2n) is 6.60. The van der Waals surface area contributed by atoms with E-state index in [1.165, 1.54) is 24.3 Å². The van der Waals surface area contributed by atoms with Crippen molar-refractivity contribution < 1.29 is 26.4 Å². The number of hydrogen-bond acceptors (Lipinski definition) is 6. The van der Waals surface area contributed by atoms with Gasteiger partial charge in [-0.1, -0.05) is 42.5 Å². The molecule has 11 heteroatoms. The summed E-state index contributed by atoms with van der Waals surface area (Å²) in [4.78, 5) is 23.2. The van der Waals surface area contributed by atoms with Crippen LogP contribution in [0, 0.1) is 0 Å². The molecule has 3 rings (SSSR count). The Labute approximate surface area is 168 Å². The summed E-state index contributed by atoms with van der Waals surface area (Å²) in [5.41, 5.74) is 6.36. The largest absolute Gasteiger partial charge is 0.368 e. The lowest BCUT2D eigenvalue weighted by molar-refractivity contribution is -0.120. The summed E-state index contributed by atoms with van der Waals surface area (Å²) in [6.07, 6.45) is -0.182. The predicted octanol–water partition coefficient (Wildman–Crippen LogP) is -0.0477. The highest BCUT2D eigenvalue weighted by Gasteiger charge is 2.37. The minimum Gasteiger partial charge on any atom is -0.368 e. The van der Waals surface area contributed by atoms with E-state index in [1.807, 2.05) is 4.72 Å². The van der Waals surface area contributed by atoms with Crippen LogP contribution in [0.25, 0.3) is 0 Å². The van der Waals surface area contributed by atoms with Gasteiger partial charge in [-0.15, -0.1) is 0 Å². The second kappa shape index (κ2) is 7.93. The van der Waals surface area contributed by atoms with Gasteiger partial charge >= 0.3 is 0 Å². The molecule has 0 bridgehead atoms. The molecule has 2 aromatic rings. The van der Waals surface area contributed by atoms with E-state index in [9.17, 15) is 26.4 Å². The summed E-state index contributed by atoms with van der Waals surface area (Å²) in [7, 11) is -7.70. The van der Waals surface area contributed by atoms with E-state index in [2.05, 4.69) is 4.72 Å². The molecule has 2 atom stereocenters. The maximum absolute atomic E-state index is 12.4. The van der Waals surface area contributed by atoms with Crippen molar-refractivity contribution in [1.29, 1.82) is 0 Å². The average molecular weight is 437 g/mol. The molecule has 0 radical (unpaired) electrons. The minimum absolute atomic E-state index is 0.00482. The van der Waals surface area contributed by atoms with Crippen molar-refractivity contribution in [3.05, 3.63) is 65.7 Å². The van der Waals surface area contributed by atoms with Gasteiger partial charge in [0.05, 0.1) is 11.3 Å². The number of carbonyl (C=O) groups excluding carboxylic acids is 2. The minimum atomic E-state index is -3.94. The molecule has 0 saturated carbocycles. The zero-order valence-electron chi connectivity index (χ0n) is 15.1. The molecule has 0 aromatic heterocycles. The number of hydrogen-bond donors (Lipinski definition) is 3. The summed E-state index contributed by atoms with van der Waals surface area (Å²) < 4.78 is 53.0. The molecule has 2 unspecified atom stereocenters. The molecule has 2 amide bonds. The van der Waals surface area contributed by atoms with Crippen LogP contribution in [0.2, 0.25) is 0 Å². The molecule has 29 heavy (non-hydrogen) atoms. The van der Waals surface area contributed by atoms with Gasteiger partial charge in [0, 0.05) is 0 Å². The lowest BCUT2D eigenvalue weighted by Gasteiger charge is -2.16. The smallest absolute Gasteiger partial charge is 0.242 e. The van der Waals surface area contributed by atoms with Gasteiger partial charge in [-0.2, -0.15) is 4.72 Å². The topological polar surface area (TPSA) is 152 Å². The highest BCUT2D eigenvalue weighted by atomic mass is 32.2. The number of amides is 2. The molecule has 1 fully saturated rings. The molecule has 1 saturated heterocycles. The average Bonchev–Trinajstić information content (AvgIpc) is 2.94. The van der Waals surface area contributed by atoms with Crippen LogP contribution in [0.3, 0.4) is 0 Å². The van der Waals surface area contributed by atoms with E-state index in [1.54, 1.807) is 30.3 Å². The first-order valence-corrected chi connectivity index (χ1v) is 11.6. The summed E-state index contributed by atoms with van der Waals surface area (Å²) in [5.74, 6) is -1.41. The lowest BCUT2D eigenvalue weighted by atomic mass is 10.0. The molecule has 9 nitrogen and oxygen atoms in total. The van der Waals surface area contributed by atoms with Crippen LogP contribution in [-0.2, 0) is 36.1 Å². The third kappa shape index (κ3) is 4.81. The summed E-state index contributed by atoms with van der Waals surface area (Å²) in [6.45, 7) is 0. The Balaban J connectivity index is 1.76. The maximum atomic E-state index is 12.4. The first-order chi connectivity index (χ1) is 13.6. The Hall–Kier alpha value is -2.76. The van der Waals surface area contributed by atoms with Crippen molar-refractivity contribution in [3.63, 3.8) is 0 Å². The Kier molecular flexibility index (Phi) is 5.73. The van der Waals surface area contributed by atoms with E-state index < -0.39 is 43.2 Å². The number of rotatable bonds is 7. The molecule has 1 heterocycles. The summed E-state index contributed by atoms with van der Waals surface area (Å²) in [6, 6.07) is 12.6. The molecular weight excluding hydrogens is 418 g/mol. The van der Waals surface area contributed by atoms with Crippen molar-refractivity contribution in [2.45, 2.75) is 29.0 Å². The predicted molar refractivity (Wildman–Crippen MR) is 104 cm³/mol. The van der Waals surface area contributed by atoms with Gasteiger partial charge < -0.3 is 5.73 Å². The van der Waals surface area contributed by atoms with E-state index in [0.29, 0.717) is 11.1 Å². The lowest BCUT2D eigenvalue weighted by Crippen LogP contribution is -2.45. The zero-order valence-corrected chi connectivity index (χ0v) is 16.7. The van der Waals surface area contributed by atoms with Gasteiger partial charge in [0.15, 0.2) is 0 Å². The van der Waals surface area contributed by atoms with Crippen molar-refractivity contribution in [1.82, 2.24) is 9.44 Å². The van der Waals surface area contributed by atoms with Crippen LogP contribution in [0.1, 0.15) is 22.8 Å². The number of benzene rings is 2. The summed E-state index contributed by atoms with van der Waals surface area (Å²) >= 11 is 0. The highest BCUT2D eigenvalue weighted by Crippen LogP contribution is 2.30. The van der Waals surface area contributed by atoms with Gasteiger partial charge in [-0.3, -0.25) is 14.3 Å². The van der Waals surface area contributed by atoms with Gasteiger partial charge in [-0.25, -0.2) is 16.8 Å². The van der Waals surface area contributed by atoms with E-state index >= 15 is 0 Å². The van der Waals surface area contributed by atoms with Gasteiger partial charge in [0.2, 0.25) is 31.9 Å². The number of carbonyl (C=O) groups is 2. The van der Waals surface area contributed by atoms with E-state index in [0.717, 1.165) is 0 Å². The number of primary amides is 1. The van der Waals surface area contributed by atoms with Crippen molar-refractivity contribution in [2.75, 3.05) is 0 Å². The molecule has 154 valence electrons. The molecule has 1 aliphatic heterocycles. The van der Waals surface area contributed by atoms with Crippen LogP contribution in [0.4, 0.5) is 0 Å². The molecule has 2 aromatic carbocycles. The number of nitrogens with two attached hydrogens (primary N) is 1. The molecule has 4 N–H and O–H groups in total. The van der Waals surface area contributed by atoms with Crippen LogP contribution < -0.4 is 15.2 Å². The fourth-order valence-electron chi connectivity index (χ4n) is 3.01. The fourth-order valence-corrected chi connectivity index (χ4v) is 5.66. The fraction of sp³-hybridized carbons (Fsp3) is 0.222. The van der Waals surface area contributed by atoms with Crippen LogP contribution in [-0.4, -0.2) is 34.7 Å². The van der Waals surface area contributed by atoms with E-state index in [-0.39, 0.29) is 17.7 Å². The van der Waals surface area contributed by atoms with Gasteiger partial charge in [0.25, 0.3) is 0 Å². The molecular formula is C18H19N3O6S2. The van der Waals surface area contributed by atoms with Gasteiger partial charge in [0.1, 0.15) is 11.3 Å². The van der Waals surface area contributed by atoms with Gasteiger partial charge in [-0.05, 0) is 29.7 Å². The molecule has 1 aliphatic rings. The van der Waals surface area contributed by atoms with Crippen LogP contribution in [0.5, 0.6) is 0 Å². The Morgan fingerprint density at radius 2 is 1.76 bits per heavy atom. The standard InChI is InChI=1S/C18H19N3O6S2/c19-18(23)15(20-28(24,25)14-4-2-1-3-5-14)10-12-6-8-13(9-7-12)16-11-17(22)21-29(16,26)27/h1-9,15-16,20H,10-11H2,(H2,19,23)(H,21,22). The Bertz CT molecular complexity index is 1130. The SMILES string of the molecule is NC(=O)C(Cc1ccc(C2CC(=O)NS2(=O)=O)cc1)NS(=O)(=O)c1ccccc1.